The monoisotopic (exact) mass is 207 g/mol. The maximum atomic E-state index is 4.13. The summed E-state index contributed by atoms with van der Waals surface area (Å²) in [5, 5.41) is 3.23. The molecule has 0 aliphatic heterocycles. The van der Waals surface area contributed by atoms with E-state index in [1.165, 1.54) is 5.56 Å². The fourth-order valence-electron chi connectivity index (χ4n) is 1.76. The maximum Gasteiger partial charge on any atom is 0.0312 e. The van der Waals surface area contributed by atoms with Gasteiger partial charge in [-0.15, -0.1) is 0 Å². The van der Waals surface area contributed by atoms with Crippen molar-refractivity contribution in [2.45, 2.75) is 25.9 Å². The van der Waals surface area contributed by atoms with Gasteiger partial charge in [0.05, 0.1) is 0 Å². The first-order valence-electron chi connectivity index (χ1n) is 5.51. The van der Waals surface area contributed by atoms with Gasteiger partial charge in [0.25, 0.3) is 0 Å². The first kappa shape index (κ1) is 12.1. The van der Waals surface area contributed by atoms with Gasteiger partial charge in [0.2, 0.25) is 0 Å². The van der Waals surface area contributed by atoms with E-state index in [0.29, 0.717) is 6.04 Å². The molecule has 0 radical (unpaired) electrons. The van der Waals surface area contributed by atoms with Crippen LogP contribution in [0.15, 0.2) is 24.5 Å². The average Bonchev–Trinajstić information content (AvgIpc) is 2.27. The number of hydrogen-bond acceptors (Lipinski definition) is 3. The molecule has 0 aromatic carbocycles. The van der Waals surface area contributed by atoms with Crippen molar-refractivity contribution in [1.29, 1.82) is 0 Å². The van der Waals surface area contributed by atoms with Gasteiger partial charge in [-0.05, 0) is 32.1 Å². The van der Waals surface area contributed by atoms with Crippen LogP contribution in [0, 0.1) is 0 Å². The normalized spacial score (nSPS) is 13.1. The van der Waals surface area contributed by atoms with Crippen LogP contribution < -0.4 is 5.32 Å². The van der Waals surface area contributed by atoms with E-state index in [0.717, 1.165) is 19.5 Å². The molecule has 1 N–H and O–H groups in total. The fraction of sp³-hybridized carbons (Fsp3) is 0.583. The van der Waals surface area contributed by atoms with Crippen molar-refractivity contribution in [3.05, 3.63) is 30.1 Å². The van der Waals surface area contributed by atoms with Crippen LogP contribution in [0.2, 0.25) is 0 Å². The van der Waals surface area contributed by atoms with Gasteiger partial charge in [-0.25, -0.2) is 0 Å². The van der Waals surface area contributed by atoms with Gasteiger partial charge < -0.3 is 5.32 Å². The zero-order valence-electron chi connectivity index (χ0n) is 9.90. The van der Waals surface area contributed by atoms with Crippen molar-refractivity contribution in [1.82, 2.24) is 15.2 Å². The Morgan fingerprint density at radius 1 is 1.53 bits per heavy atom. The lowest BCUT2D eigenvalue weighted by molar-refractivity contribution is 0.224. The van der Waals surface area contributed by atoms with Gasteiger partial charge in [-0.1, -0.05) is 13.0 Å². The summed E-state index contributed by atoms with van der Waals surface area (Å²) in [7, 11) is 4.17. The number of aromatic nitrogens is 1. The number of nitrogens with one attached hydrogen (secondary N) is 1. The molecule has 3 nitrogen and oxygen atoms in total. The Morgan fingerprint density at radius 2 is 2.33 bits per heavy atom. The number of nitrogens with zero attached hydrogens (tertiary/aromatic N) is 2. The minimum atomic E-state index is 0.593. The highest BCUT2D eigenvalue weighted by Crippen LogP contribution is 2.06. The minimum Gasteiger partial charge on any atom is -0.318 e. The molecule has 0 bridgehead atoms. The van der Waals surface area contributed by atoms with Crippen molar-refractivity contribution in [3.63, 3.8) is 0 Å². The topological polar surface area (TPSA) is 28.2 Å². The lowest BCUT2D eigenvalue weighted by atomic mass is 10.1. The molecule has 0 aliphatic carbocycles. The first-order valence-corrected chi connectivity index (χ1v) is 5.51. The lowest BCUT2D eigenvalue weighted by Gasteiger charge is -2.26. The third-order valence-electron chi connectivity index (χ3n) is 2.69. The van der Waals surface area contributed by atoms with Crippen LogP contribution in [0.1, 0.15) is 18.9 Å². The van der Waals surface area contributed by atoms with Crippen molar-refractivity contribution in [2.24, 2.45) is 0 Å². The van der Waals surface area contributed by atoms with Gasteiger partial charge in [0, 0.05) is 31.5 Å². The van der Waals surface area contributed by atoms with Crippen molar-refractivity contribution in [3.8, 4) is 0 Å². The molecule has 1 aromatic heterocycles. The van der Waals surface area contributed by atoms with E-state index in [1.807, 2.05) is 25.5 Å². The fourth-order valence-corrected chi connectivity index (χ4v) is 1.76. The van der Waals surface area contributed by atoms with Crippen molar-refractivity contribution >= 4 is 0 Å². The smallest absolute Gasteiger partial charge is 0.0312 e. The summed E-state index contributed by atoms with van der Waals surface area (Å²) < 4.78 is 0. The number of hydrogen-bond donors (Lipinski definition) is 1. The second-order valence-electron chi connectivity index (χ2n) is 3.90. The summed E-state index contributed by atoms with van der Waals surface area (Å²) in [4.78, 5) is 6.50. The molecule has 0 aliphatic rings. The van der Waals surface area contributed by atoms with Crippen molar-refractivity contribution < 1.29 is 0 Å². The van der Waals surface area contributed by atoms with E-state index >= 15 is 0 Å². The number of pyridine rings is 1. The van der Waals surface area contributed by atoms with Crippen molar-refractivity contribution in [2.75, 3.05) is 20.6 Å². The molecule has 15 heavy (non-hydrogen) atoms. The third kappa shape index (κ3) is 3.98. The Bertz CT molecular complexity index is 261. The molecule has 1 heterocycles. The van der Waals surface area contributed by atoms with E-state index in [9.17, 15) is 0 Å². The summed E-state index contributed by atoms with van der Waals surface area (Å²) >= 11 is 0. The van der Waals surface area contributed by atoms with Crippen LogP contribution in [0.5, 0.6) is 0 Å². The van der Waals surface area contributed by atoms with Gasteiger partial charge in [0.1, 0.15) is 0 Å². The molecule has 3 heteroatoms. The van der Waals surface area contributed by atoms with E-state index in [-0.39, 0.29) is 0 Å². The molecule has 0 spiro atoms. The standard InChI is InChI=1S/C12H21N3/c1-4-12(9-13-2)15(3)10-11-6-5-7-14-8-11/h5-8,12-13H,4,9-10H2,1-3H3. The molecule has 1 unspecified atom stereocenters. The molecule has 84 valence electrons. The number of rotatable bonds is 6. The first-order chi connectivity index (χ1) is 7.27. The van der Waals surface area contributed by atoms with Gasteiger partial charge in [0.15, 0.2) is 0 Å². The summed E-state index contributed by atoms with van der Waals surface area (Å²) in [6, 6.07) is 4.70. The quantitative estimate of drug-likeness (QED) is 0.766. The van der Waals surface area contributed by atoms with Crippen LogP contribution >= 0.6 is 0 Å². The second kappa shape index (κ2) is 6.53. The number of likely N-dealkylation sites (N-methyl/N-ethyl adjacent to an activating group) is 2. The predicted molar refractivity (Wildman–Crippen MR) is 63.7 cm³/mol. The Hall–Kier alpha value is -0.930. The van der Waals surface area contributed by atoms with E-state index in [4.69, 9.17) is 0 Å². The van der Waals surface area contributed by atoms with Crippen LogP contribution in [0.4, 0.5) is 0 Å². The molecule has 1 aromatic rings. The molecule has 0 saturated heterocycles. The van der Waals surface area contributed by atoms with Gasteiger partial charge in [-0.3, -0.25) is 9.88 Å². The van der Waals surface area contributed by atoms with Crippen LogP contribution in [0.25, 0.3) is 0 Å². The Labute approximate surface area is 92.5 Å². The summed E-state index contributed by atoms with van der Waals surface area (Å²) in [6.45, 7) is 4.23. The lowest BCUT2D eigenvalue weighted by Crippen LogP contribution is -2.38. The Kier molecular flexibility index (Phi) is 5.29. The molecular formula is C12H21N3. The molecule has 1 rings (SSSR count). The average molecular weight is 207 g/mol. The summed E-state index contributed by atoms with van der Waals surface area (Å²) in [6.07, 6.45) is 4.91. The van der Waals surface area contributed by atoms with Crippen LogP contribution in [0.3, 0.4) is 0 Å². The zero-order valence-corrected chi connectivity index (χ0v) is 9.90. The Morgan fingerprint density at radius 3 is 2.87 bits per heavy atom. The minimum absolute atomic E-state index is 0.593. The third-order valence-corrected chi connectivity index (χ3v) is 2.69. The summed E-state index contributed by atoms with van der Waals surface area (Å²) in [5.41, 5.74) is 1.27. The SMILES string of the molecule is CCC(CNC)N(C)Cc1cccnc1. The molecule has 0 fully saturated rings. The highest BCUT2D eigenvalue weighted by molar-refractivity contribution is 5.08. The zero-order chi connectivity index (χ0) is 11.1. The summed E-state index contributed by atoms with van der Waals surface area (Å²) in [5.74, 6) is 0. The van der Waals surface area contributed by atoms with E-state index in [1.54, 1.807) is 0 Å². The highest BCUT2D eigenvalue weighted by atomic mass is 15.1. The molecule has 0 saturated carbocycles. The van der Waals surface area contributed by atoms with Crippen LogP contribution in [-0.2, 0) is 6.54 Å². The van der Waals surface area contributed by atoms with Crippen LogP contribution in [-0.4, -0.2) is 36.6 Å². The molecular weight excluding hydrogens is 186 g/mol. The molecule has 0 amide bonds. The maximum absolute atomic E-state index is 4.13. The van der Waals surface area contributed by atoms with E-state index in [2.05, 4.69) is 35.2 Å². The highest BCUT2D eigenvalue weighted by Gasteiger charge is 2.11. The largest absolute Gasteiger partial charge is 0.318 e. The van der Waals surface area contributed by atoms with Gasteiger partial charge in [-0.2, -0.15) is 0 Å². The molecule has 1 atom stereocenters. The predicted octanol–water partition coefficient (Wildman–Crippen LogP) is 1.51. The van der Waals surface area contributed by atoms with E-state index < -0.39 is 0 Å². The van der Waals surface area contributed by atoms with Gasteiger partial charge >= 0.3 is 0 Å². The Balaban J connectivity index is 2.50. The second-order valence-corrected chi connectivity index (χ2v) is 3.90.